The van der Waals surface area contributed by atoms with Gasteiger partial charge in [0.15, 0.2) is 5.16 Å². The Morgan fingerprint density at radius 2 is 1.97 bits per heavy atom. The first-order valence-corrected chi connectivity index (χ1v) is 13.0. The van der Waals surface area contributed by atoms with E-state index in [-0.39, 0.29) is 18.3 Å². The number of hydrogen-bond acceptors (Lipinski definition) is 8. The van der Waals surface area contributed by atoms with Crippen molar-refractivity contribution in [3.05, 3.63) is 75.7 Å². The van der Waals surface area contributed by atoms with Crippen LogP contribution in [-0.4, -0.2) is 51.4 Å². The second-order valence-electron chi connectivity index (χ2n) is 8.76. The van der Waals surface area contributed by atoms with Crippen molar-refractivity contribution < 1.29 is 14.3 Å². The molecule has 0 aliphatic heterocycles. The van der Waals surface area contributed by atoms with Crippen LogP contribution in [0, 0.1) is 6.92 Å². The number of benzene rings is 1. The Hall–Kier alpha value is -3.01. The van der Waals surface area contributed by atoms with Crippen molar-refractivity contribution in [3.63, 3.8) is 0 Å². The van der Waals surface area contributed by atoms with Crippen LogP contribution in [0.4, 0.5) is 0 Å². The quantitative estimate of drug-likeness (QED) is 0.256. The van der Waals surface area contributed by atoms with Gasteiger partial charge in [-0.15, -0.1) is 0 Å². The Kier molecular flexibility index (Phi) is 8.56. The molecule has 0 saturated heterocycles. The minimum absolute atomic E-state index is 0.228. The van der Waals surface area contributed by atoms with E-state index in [1.165, 1.54) is 16.7 Å². The third-order valence-corrected chi connectivity index (χ3v) is 7.21. The zero-order valence-corrected chi connectivity index (χ0v) is 21.8. The number of carbonyl (C=O) groups is 2. The maximum atomic E-state index is 12.7. The summed E-state index contributed by atoms with van der Waals surface area (Å²) in [5.74, 6) is -0.0771. The second-order valence-corrected chi connectivity index (χ2v) is 10.1. The predicted molar refractivity (Wildman–Crippen MR) is 139 cm³/mol. The van der Waals surface area contributed by atoms with Gasteiger partial charge in [0.25, 0.3) is 0 Å². The Balaban J connectivity index is 1.40. The van der Waals surface area contributed by atoms with Crippen molar-refractivity contribution >= 4 is 35.2 Å². The molecule has 1 aliphatic rings. The van der Waals surface area contributed by atoms with E-state index in [9.17, 15) is 9.59 Å². The number of nitrogens with zero attached hydrogens (tertiary/aromatic N) is 4. The number of pyridine rings is 1. The molecule has 188 valence electrons. The van der Waals surface area contributed by atoms with Crippen molar-refractivity contribution in [2.75, 3.05) is 13.6 Å². The minimum Gasteiger partial charge on any atom is -0.406 e. The summed E-state index contributed by atoms with van der Waals surface area (Å²) in [4.78, 5) is 40.0. The minimum atomic E-state index is -0.750. The van der Waals surface area contributed by atoms with Crippen LogP contribution < -0.4 is 10.5 Å². The molecule has 4 rings (SSSR count). The van der Waals surface area contributed by atoms with E-state index >= 15 is 0 Å². The standard InChI is InChI=1S/C26H28ClN5O3S/c1-16-12-29-13-20(27)19(16)15-36-26-30-22-10-6-9-18(22)24(31-26)35-23(33)14-32(2)25(34)21(28)11-17-7-4-3-5-8-17/h3-5,7-8,12-13,21H,6,9-11,14-15,28H2,1-2H3/t21-/m0/s1. The van der Waals surface area contributed by atoms with E-state index in [0.29, 0.717) is 22.4 Å². The molecule has 2 aromatic heterocycles. The molecule has 36 heavy (non-hydrogen) atoms. The van der Waals surface area contributed by atoms with Crippen LogP contribution in [0.2, 0.25) is 5.02 Å². The lowest BCUT2D eigenvalue weighted by Gasteiger charge is -2.20. The van der Waals surface area contributed by atoms with Gasteiger partial charge in [-0.05, 0) is 49.3 Å². The summed E-state index contributed by atoms with van der Waals surface area (Å²) in [6.07, 6.45) is 6.24. The number of halogens is 1. The number of hydrogen-bond donors (Lipinski definition) is 1. The summed E-state index contributed by atoms with van der Waals surface area (Å²) in [5.41, 5.74) is 10.7. The molecule has 2 heterocycles. The highest BCUT2D eigenvalue weighted by Gasteiger charge is 2.25. The number of esters is 1. The Morgan fingerprint density at radius 1 is 1.19 bits per heavy atom. The van der Waals surface area contributed by atoms with E-state index in [2.05, 4.69) is 15.0 Å². The number of aromatic nitrogens is 3. The molecule has 1 aromatic carbocycles. The van der Waals surface area contributed by atoms with Crippen LogP contribution in [-0.2, 0) is 34.6 Å². The van der Waals surface area contributed by atoms with Crippen LogP contribution in [0.3, 0.4) is 0 Å². The van der Waals surface area contributed by atoms with Crippen LogP contribution >= 0.6 is 23.4 Å². The van der Waals surface area contributed by atoms with Gasteiger partial charge in [-0.1, -0.05) is 53.7 Å². The average Bonchev–Trinajstić information content (AvgIpc) is 3.33. The number of thioether (sulfide) groups is 1. The summed E-state index contributed by atoms with van der Waals surface area (Å²) in [6, 6.07) is 8.77. The van der Waals surface area contributed by atoms with Gasteiger partial charge < -0.3 is 15.4 Å². The SMILES string of the molecule is Cc1cncc(Cl)c1CSc1nc2c(c(OC(=O)CN(C)C(=O)[C@@H](N)Cc3ccccc3)n1)CCC2. The van der Waals surface area contributed by atoms with E-state index < -0.39 is 12.0 Å². The van der Waals surface area contributed by atoms with Crippen molar-refractivity contribution in [1.29, 1.82) is 0 Å². The van der Waals surface area contributed by atoms with Crippen LogP contribution in [0.15, 0.2) is 47.9 Å². The van der Waals surface area contributed by atoms with Crippen LogP contribution in [0.25, 0.3) is 0 Å². The van der Waals surface area contributed by atoms with Gasteiger partial charge in [-0.25, -0.2) is 9.78 Å². The smallest absolute Gasteiger partial charge is 0.332 e. The number of amides is 1. The highest BCUT2D eigenvalue weighted by Crippen LogP contribution is 2.32. The molecule has 0 fully saturated rings. The fourth-order valence-corrected chi connectivity index (χ4v) is 5.38. The summed E-state index contributed by atoms with van der Waals surface area (Å²) in [6.45, 7) is 1.73. The Bertz CT molecular complexity index is 1240. The number of aryl methyl sites for hydroxylation is 2. The molecular weight excluding hydrogens is 498 g/mol. The summed E-state index contributed by atoms with van der Waals surface area (Å²) < 4.78 is 5.64. The number of ether oxygens (including phenoxy) is 1. The molecule has 1 amide bonds. The first kappa shape index (κ1) is 26.1. The van der Waals surface area contributed by atoms with E-state index in [1.807, 2.05) is 37.3 Å². The van der Waals surface area contributed by atoms with Gasteiger partial charge in [0.05, 0.1) is 16.8 Å². The fourth-order valence-electron chi connectivity index (χ4n) is 4.05. The van der Waals surface area contributed by atoms with Gasteiger partial charge in [-0.3, -0.25) is 9.78 Å². The third-order valence-electron chi connectivity index (χ3n) is 6.01. The Morgan fingerprint density at radius 3 is 2.72 bits per heavy atom. The first-order valence-electron chi connectivity index (χ1n) is 11.7. The molecule has 1 atom stereocenters. The predicted octanol–water partition coefficient (Wildman–Crippen LogP) is 3.55. The number of likely N-dealkylation sites (N-methyl/N-ethyl adjacent to an activating group) is 1. The number of nitrogens with two attached hydrogens (primary N) is 1. The molecule has 1 aliphatic carbocycles. The van der Waals surface area contributed by atoms with Crippen molar-refractivity contribution in [1.82, 2.24) is 19.9 Å². The normalized spacial score (nSPS) is 13.2. The number of carbonyl (C=O) groups excluding carboxylic acids is 2. The molecule has 0 saturated carbocycles. The van der Waals surface area contributed by atoms with Crippen molar-refractivity contribution in [2.24, 2.45) is 5.73 Å². The lowest BCUT2D eigenvalue weighted by atomic mass is 10.1. The third kappa shape index (κ3) is 6.40. The Labute approximate surface area is 219 Å². The lowest BCUT2D eigenvalue weighted by molar-refractivity contribution is -0.142. The highest BCUT2D eigenvalue weighted by molar-refractivity contribution is 7.98. The van der Waals surface area contributed by atoms with Gasteiger partial charge in [0, 0.05) is 30.8 Å². The van der Waals surface area contributed by atoms with E-state index in [0.717, 1.165) is 47.2 Å². The van der Waals surface area contributed by atoms with Gasteiger partial charge >= 0.3 is 5.97 Å². The number of fused-ring (bicyclic) bond motifs is 1. The molecule has 3 aromatic rings. The maximum Gasteiger partial charge on any atom is 0.332 e. The van der Waals surface area contributed by atoms with Crippen molar-refractivity contribution in [3.8, 4) is 5.88 Å². The molecule has 0 unspecified atom stereocenters. The molecule has 0 radical (unpaired) electrons. The molecular formula is C26H28ClN5O3S. The molecule has 0 spiro atoms. The van der Waals surface area contributed by atoms with E-state index in [4.69, 9.17) is 22.1 Å². The lowest BCUT2D eigenvalue weighted by Crippen LogP contribution is -2.45. The molecule has 0 bridgehead atoms. The fraction of sp³-hybridized carbons (Fsp3) is 0.346. The first-order chi connectivity index (χ1) is 17.3. The summed E-state index contributed by atoms with van der Waals surface area (Å²) >= 11 is 7.73. The van der Waals surface area contributed by atoms with Gasteiger partial charge in [0.2, 0.25) is 11.8 Å². The van der Waals surface area contributed by atoms with Crippen LogP contribution in [0.1, 0.15) is 34.4 Å². The maximum absolute atomic E-state index is 12.7. The van der Waals surface area contributed by atoms with Crippen LogP contribution in [0.5, 0.6) is 5.88 Å². The van der Waals surface area contributed by atoms with Gasteiger partial charge in [0.1, 0.15) is 6.54 Å². The largest absolute Gasteiger partial charge is 0.406 e. The number of rotatable bonds is 9. The monoisotopic (exact) mass is 525 g/mol. The zero-order chi connectivity index (χ0) is 25.7. The average molecular weight is 526 g/mol. The van der Waals surface area contributed by atoms with Crippen molar-refractivity contribution in [2.45, 2.75) is 49.6 Å². The van der Waals surface area contributed by atoms with E-state index in [1.54, 1.807) is 19.4 Å². The van der Waals surface area contributed by atoms with Gasteiger partial charge in [-0.2, -0.15) is 4.98 Å². The summed E-state index contributed by atoms with van der Waals surface area (Å²) in [7, 11) is 1.54. The topological polar surface area (TPSA) is 111 Å². The molecule has 2 N–H and O–H groups in total. The molecule has 8 nitrogen and oxygen atoms in total. The zero-order valence-electron chi connectivity index (χ0n) is 20.2. The second kappa shape index (κ2) is 11.8. The molecule has 10 heteroatoms. The summed E-state index contributed by atoms with van der Waals surface area (Å²) in [5, 5.41) is 1.11. The highest BCUT2D eigenvalue weighted by atomic mass is 35.5.